The predicted octanol–water partition coefficient (Wildman–Crippen LogP) is 3.01. The second kappa shape index (κ2) is 10.4. The minimum atomic E-state index is -4.42. The van der Waals surface area contributed by atoms with Gasteiger partial charge in [-0.25, -0.2) is 0 Å². The molecule has 1 unspecified atom stereocenters. The molecule has 1 atom stereocenters. The Bertz CT molecular complexity index is 834. The Hall–Kier alpha value is -2.13. The summed E-state index contributed by atoms with van der Waals surface area (Å²) < 4.78 is 44.3. The molecular formula is C24H32F3N3O3. The normalized spacial score (nSPS) is 23.4. The molecule has 4 rings (SSSR count). The van der Waals surface area contributed by atoms with Crippen molar-refractivity contribution in [2.75, 3.05) is 52.5 Å². The van der Waals surface area contributed by atoms with Gasteiger partial charge in [0.25, 0.3) is 0 Å². The van der Waals surface area contributed by atoms with Crippen LogP contribution in [0.15, 0.2) is 24.3 Å². The van der Waals surface area contributed by atoms with Crippen molar-refractivity contribution in [2.24, 2.45) is 11.8 Å². The fraction of sp³-hybridized carbons (Fsp3) is 0.667. The Morgan fingerprint density at radius 3 is 2.52 bits per heavy atom. The van der Waals surface area contributed by atoms with Crippen LogP contribution in [0.3, 0.4) is 0 Å². The molecule has 182 valence electrons. The largest absolute Gasteiger partial charge is 0.416 e. The lowest BCUT2D eigenvalue weighted by atomic mass is 9.92. The fourth-order valence-corrected chi connectivity index (χ4v) is 5.05. The van der Waals surface area contributed by atoms with Crippen LogP contribution in [0, 0.1) is 11.8 Å². The lowest BCUT2D eigenvalue weighted by Crippen LogP contribution is -2.43. The minimum Gasteiger partial charge on any atom is -0.379 e. The number of likely N-dealkylation sites (tertiary alicyclic amines) is 2. The Balaban J connectivity index is 1.24. The van der Waals surface area contributed by atoms with Crippen molar-refractivity contribution in [1.82, 2.24) is 14.7 Å². The smallest absolute Gasteiger partial charge is 0.379 e. The zero-order valence-corrected chi connectivity index (χ0v) is 18.9. The topological polar surface area (TPSA) is 53.1 Å². The molecule has 1 aromatic rings. The van der Waals surface area contributed by atoms with Crippen LogP contribution in [-0.4, -0.2) is 79.0 Å². The van der Waals surface area contributed by atoms with Crippen LogP contribution >= 0.6 is 0 Å². The molecular weight excluding hydrogens is 435 g/mol. The van der Waals surface area contributed by atoms with Crippen LogP contribution in [0.4, 0.5) is 13.2 Å². The van der Waals surface area contributed by atoms with E-state index < -0.39 is 17.7 Å². The van der Waals surface area contributed by atoms with Crippen molar-refractivity contribution in [2.45, 2.75) is 38.4 Å². The number of hydrogen-bond acceptors (Lipinski definition) is 4. The number of nitrogens with zero attached hydrogens (tertiary/aromatic N) is 3. The number of halogens is 3. The van der Waals surface area contributed by atoms with Crippen LogP contribution in [0.2, 0.25) is 0 Å². The molecule has 0 spiro atoms. The fourth-order valence-electron chi connectivity index (χ4n) is 5.05. The number of benzene rings is 1. The summed E-state index contributed by atoms with van der Waals surface area (Å²) in [5.41, 5.74) is -0.303. The Morgan fingerprint density at radius 2 is 1.82 bits per heavy atom. The molecule has 6 nitrogen and oxygen atoms in total. The maximum atomic E-state index is 13.0. The van der Waals surface area contributed by atoms with E-state index in [0.717, 1.165) is 64.2 Å². The summed E-state index contributed by atoms with van der Waals surface area (Å²) >= 11 is 0. The number of morpholine rings is 1. The zero-order chi connectivity index (χ0) is 23.4. The van der Waals surface area contributed by atoms with Gasteiger partial charge in [-0.2, -0.15) is 13.2 Å². The van der Waals surface area contributed by atoms with E-state index in [9.17, 15) is 22.8 Å². The maximum Gasteiger partial charge on any atom is 0.416 e. The molecule has 0 aromatic heterocycles. The van der Waals surface area contributed by atoms with Crippen molar-refractivity contribution in [1.29, 1.82) is 0 Å². The molecule has 0 radical (unpaired) electrons. The molecule has 2 amide bonds. The van der Waals surface area contributed by atoms with Gasteiger partial charge in [0.05, 0.1) is 24.7 Å². The van der Waals surface area contributed by atoms with E-state index in [1.165, 1.54) is 11.0 Å². The van der Waals surface area contributed by atoms with Gasteiger partial charge in [0.2, 0.25) is 11.8 Å². The molecule has 33 heavy (non-hydrogen) atoms. The SMILES string of the molecule is O=C1CC(C(=O)N2CCC(CCN3CCOCC3)CC2)CN1Cc1cccc(C(F)(F)F)c1. The number of alkyl halides is 3. The third kappa shape index (κ3) is 6.26. The van der Waals surface area contributed by atoms with Gasteiger partial charge in [-0.05, 0) is 49.4 Å². The molecule has 0 aliphatic carbocycles. The van der Waals surface area contributed by atoms with Gasteiger partial charge < -0.3 is 14.5 Å². The number of amides is 2. The quantitative estimate of drug-likeness (QED) is 0.646. The van der Waals surface area contributed by atoms with Gasteiger partial charge >= 0.3 is 6.18 Å². The second-order valence-electron chi connectivity index (χ2n) is 9.38. The lowest BCUT2D eigenvalue weighted by Gasteiger charge is -2.35. The number of ether oxygens (including phenoxy) is 1. The highest BCUT2D eigenvalue weighted by Crippen LogP contribution is 2.31. The van der Waals surface area contributed by atoms with Gasteiger partial charge in [0, 0.05) is 45.7 Å². The van der Waals surface area contributed by atoms with Gasteiger partial charge in [0.1, 0.15) is 0 Å². The van der Waals surface area contributed by atoms with Crippen molar-refractivity contribution >= 4 is 11.8 Å². The van der Waals surface area contributed by atoms with Crippen molar-refractivity contribution in [3.63, 3.8) is 0 Å². The molecule has 9 heteroatoms. The zero-order valence-electron chi connectivity index (χ0n) is 18.9. The average molecular weight is 468 g/mol. The first kappa shape index (κ1) is 24.0. The van der Waals surface area contributed by atoms with Crippen molar-refractivity contribution in [3.05, 3.63) is 35.4 Å². The summed E-state index contributed by atoms with van der Waals surface area (Å²) in [4.78, 5) is 31.3. The van der Waals surface area contributed by atoms with E-state index in [2.05, 4.69) is 4.90 Å². The van der Waals surface area contributed by atoms with Crippen LogP contribution in [0.25, 0.3) is 0 Å². The molecule has 0 saturated carbocycles. The summed E-state index contributed by atoms with van der Waals surface area (Å²) in [5.74, 6) is 0.0281. The predicted molar refractivity (Wildman–Crippen MR) is 116 cm³/mol. The number of hydrogen-bond donors (Lipinski definition) is 0. The molecule has 0 N–H and O–H groups in total. The molecule has 0 bridgehead atoms. The van der Waals surface area contributed by atoms with Crippen molar-refractivity contribution in [3.8, 4) is 0 Å². The highest BCUT2D eigenvalue weighted by molar-refractivity contribution is 5.89. The minimum absolute atomic E-state index is 0.00141. The van der Waals surface area contributed by atoms with Crippen molar-refractivity contribution < 1.29 is 27.5 Å². The molecule has 3 aliphatic rings. The van der Waals surface area contributed by atoms with Crippen LogP contribution in [-0.2, 0) is 27.0 Å². The van der Waals surface area contributed by atoms with Crippen LogP contribution < -0.4 is 0 Å². The number of rotatable bonds is 6. The standard InChI is InChI=1S/C24H32F3N3O3/c25-24(26,27)21-3-1-2-19(14-21)16-30-17-20(15-22(30)31)23(32)29-8-5-18(6-9-29)4-7-28-10-12-33-13-11-28/h1-3,14,18,20H,4-13,15-17H2. The summed E-state index contributed by atoms with van der Waals surface area (Å²) in [6, 6.07) is 5.03. The Labute approximate surface area is 192 Å². The van der Waals surface area contributed by atoms with E-state index >= 15 is 0 Å². The Morgan fingerprint density at radius 1 is 1.09 bits per heavy atom. The summed E-state index contributed by atoms with van der Waals surface area (Å²) in [6.07, 6.45) is -1.20. The molecule has 3 heterocycles. The van der Waals surface area contributed by atoms with E-state index in [-0.39, 0.29) is 31.3 Å². The van der Waals surface area contributed by atoms with E-state index in [1.807, 2.05) is 4.90 Å². The third-order valence-electron chi connectivity index (χ3n) is 7.07. The first-order valence-electron chi connectivity index (χ1n) is 11.8. The highest BCUT2D eigenvalue weighted by Gasteiger charge is 2.38. The van der Waals surface area contributed by atoms with Gasteiger partial charge in [0.15, 0.2) is 0 Å². The summed E-state index contributed by atoms with van der Waals surface area (Å²) in [5, 5.41) is 0. The van der Waals surface area contributed by atoms with Crippen LogP contribution in [0.5, 0.6) is 0 Å². The molecule has 1 aromatic carbocycles. The van der Waals surface area contributed by atoms with E-state index in [0.29, 0.717) is 24.6 Å². The molecule has 3 fully saturated rings. The summed E-state index contributed by atoms with van der Waals surface area (Å²) in [6.45, 7) is 6.45. The molecule has 3 saturated heterocycles. The van der Waals surface area contributed by atoms with E-state index in [4.69, 9.17) is 4.74 Å². The maximum absolute atomic E-state index is 13.0. The van der Waals surface area contributed by atoms with Gasteiger partial charge in [-0.3, -0.25) is 14.5 Å². The van der Waals surface area contributed by atoms with Crippen LogP contribution in [0.1, 0.15) is 36.8 Å². The summed E-state index contributed by atoms with van der Waals surface area (Å²) in [7, 11) is 0. The second-order valence-corrected chi connectivity index (χ2v) is 9.38. The monoisotopic (exact) mass is 467 g/mol. The first-order chi connectivity index (χ1) is 15.8. The lowest BCUT2D eigenvalue weighted by molar-refractivity contribution is -0.138. The number of carbonyl (C=O) groups is 2. The average Bonchev–Trinajstić information content (AvgIpc) is 3.18. The first-order valence-corrected chi connectivity index (χ1v) is 11.8. The van der Waals surface area contributed by atoms with Gasteiger partial charge in [-0.1, -0.05) is 12.1 Å². The molecule has 3 aliphatic heterocycles. The number of carbonyl (C=O) groups excluding carboxylic acids is 2. The highest BCUT2D eigenvalue weighted by atomic mass is 19.4. The number of piperidine rings is 1. The van der Waals surface area contributed by atoms with Gasteiger partial charge in [-0.15, -0.1) is 0 Å². The van der Waals surface area contributed by atoms with E-state index in [1.54, 1.807) is 6.07 Å². The third-order valence-corrected chi connectivity index (χ3v) is 7.07. The Kier molecular flexibility index (Phi) is 7.58.